The highest BCUT2D eigenvalue weighted by molar-refractivity contribution is 6.27. The van der Waals surface area contributed by atoms with E-state index in [1.165, 1.54) is 93.4 Å². The molecule has 3 heteroatoms. The zero-order valence-corrected chi connectivity index (χ0v) is 31.0. The van der Waals surface area contributed by atoms with Crippen LogP contribution in [0.1, 0.15) is 0 Å². The molecule has 9 aromatic carbocycles. The summed E-state index contributed by atoms with van der Waals surface area (Å²) >= 11 is 0. The van der Waals surface area contributed by atoms with Crippen LogP contribution in [0.2, 0.25) is 0 Å². The van der Waals surface area contributed by atoms with Crippen molar-refractivity contribution in [1.82, 2.24) is 13.7 Å². The second-order valence-electron chi connectivity index (χ2n) is 14.9. The summed E-state index contributed by atoms with van der Waals surface area (Å²) in [4.78, 5) is 0. The second-order valence-corrected chi connectivity index (χ2v) is 14.9. The Labute approximate surface area is 329 Å². The average molecular weight is 726 g/mol. The van der Waals surface area contributed by atoms with E-state index in [4.69, 9.17) is 0 Å². The fourth-order valence-corrected chi connectivity index (χ4v) is 9.41. The number of nitrogens with zero attached hydrogens (tertiary/aromatic N) is 3. The third-order valence-corrected chi connectivity index (χ3v) is 11.8. The molecule has 3 aromatic heterocycles. The van der Waals surface area contributed by atoms with Gasteiger partial charge in [0.2, 0.25) is 0 Å². The summed E-state index contributed by atoms with van der Waals surface area (Å²) in [6.07, 6.45) is 0. The third-order valence-electron chi connectivity index (χ3n) is 11.8. The Kier molecular flexibility index (Phi) is 6.93. The van der Waals surface area contributed by atoms with Gasteiger partial charge in [-0.05, 0) is 89.0 Å². The molecule has 266 valence electrons. The summed E-state index contributed by atoms with van der Waals surface area (Å²) in [5, 5.41) is 7.44. The van der Waals surface area contributed by atoms with Crippen molar-refractivity contribution >= 4 is 65.4 Å². The zero-order chi connectivity index (χ0) is 37.5. The first-order valence-corrected chi connectivity index (χ1v) is 19.6. The lowest BCUT2D eigenvalue weighted by Gasteiger charge is -2.15. The van der Waals surface area contributed by atoms with Crippen molar-refractivity contribution < 1.29 is 0 Å². The first kappa shape index (κ1) is 31.7. The lowest BCUT2D eigenvalue weighted by Crippen LogP contribution is -1.98. The Morgan fingerprint density at radius 3 is 1.35 bits per heavy atom. The summed E-state index contributed by atoms with van der Waals surface area (Å²) in [5.74, 6) is 0. The molecule has 0 saturated carbocycles. The standard InChI is InChI=1S/C54H35N3/c1-4-17-36(18-5-1)38-33-39(37-19-6-2-7-20-37)35-41(34-38)56-47-27-14-11-24-44(47)52-49(56)29-16-30-50(52)57-46-26-13-10-23-42(46)43-31-32-51-53(54(43)57)45-25-12-15-28-48(45)55(51)40-21-8-3-9-22-40/h1-35H. The van der Waals surface area contributed by atoms with E-state index in [2.05, 4.69) is 226 Å². The number of hydrogen-bond donors (Lipinski definition) is 0. The number of hydrogen-bond acceptors (Lipinski definition) is 0. The Bertz CT molecular complexity index is 3440. The van der Waals surface area contributed by atoms with Gasteiger partial charge in [0.1, 0.15) is 0 Å². The van der Waals surface area contributed by atoms with Crippen molar-refractivity contribution in [3.8, 4) is 39.3 Å². The van der Waals surface area contributed by atoms with Gasteiger partial charge in [-0.1, -0.05) is 146 Å². The predicted molar refractivity (Wildman–Crippen MR) is 240 cm³/mol. The molecule has 0 fully saturated rings. The van der Waals surface area contributed by atoms with Crippen molar-refractivity contribution in [2.75, 3.05) is 0 Å². The summed E-state index contributed by atoms with van der Waals surface area (Å²) < 4.78 is 7.43. The highest BCUT2D eigenvalue weighted by Crippen LogP contribution is 2.45. The molecule has 0 aliphatic carbocycles. The molecule has 0 spiro atoms. The van der Waals surface area contributed by atoms with E-state index in [1.54, 1.807) is 0 Å². The zero-order valence-electron chi connectivity index (χ0n) is 31.0. The van der Waals surface area contributed by atoms with Crippen molar-refractivity contribution in [3.63, 3.8) is 0 Å². The van der Waals surface area contributed by atoms with E-state index in [1.807, 2.05) is 0 Å². The molecule has 12 rings (SSSR count). The van der Waals surface area contributed by atoms with Gasteiger partial charge in [-0.3, -0.25) is 0 Å². The summed E-state index contributed by atoms with van der Waals surface area (Å²) in [7, 11) is 0. The highest BCUT2D eigenvalue weighted by atomic mass is 15.0. The van der Waals surface area contributed by atoms with E-state index in [9.17, 15) is 0 Å². The Balaban J connectivity index is 1.21. The molecule has 12 aromatic rings. The number of para-hydroxylation sites is 4. The van der Waals surface area contributed by atoms with Gasteiger partial charge in [0.25, 0.3) is 0 Å². The fourth-order valence-electron chi connectivity index (χ4n) is 9.41. The third kappa shape index (κ3) is 4.73. The van der Waals surface area contributed by atoms with Crippen LogP contribution in [-0.2, 0) is 0 Å². The van der Waals surface area contributed by atoms with Crippen LogP contribution in [-0.4, -0.2) is 13.7 Å². The molecule has 3 nitrogen and oxygen atoms in total. The quantitative estimate of drug-likeness (QED) is 0.168. The first-order chi connectivity index (χ1) is 28.3. The highest BCUT2D eigenvalue weighted by Gasteiger charge is 2.24. The molecule has 0 radical (unpaired) electrons. The Morgan fingerprint density at radius 2 is 0.719 bits per heavy atom. The van der Waals surface area contributed by atoms with Crippen molar-refractivity contribution in [2.45, 2.75) is 0 Å². The molecule has 3 heterocycles. The van der Waals surface area contributed by atoms with Crippen LogP contribution in [0.3, 0.4) is 0 Å². The molecule has 0 N–H and O–H groups in total. The van der Waals surface area contributed by atoms with Gasteiger partial charge >= 0.3 is 0 Å². The van der Waals surface area contributed by atoms with E-state index in [0.717, 1.165) is 11.4 Å². The molecule has 0 atom stereocenters. The normalized spacial score (nSPS) is 11.9. The van der Waals surface area contributed by atoms with Crippen LogP contribution in [0, 0.1) is 0 Å². The summed E-state index contributed by atoms with van der Waals surface area (Å²) in [6, 6.07) is 77.4. The molecular weight excluding hydrogens is 691 g/mol. The summed E-state index contributed by atoms with van der Waals surface area (Å²) in [6.45, 7) is 0. The number of aromatic nitrogens is 3. The van der Waals surface area contributed by atoms with Gasteiger partial charge in [0.15, 0.2) is 0 Å². The van der Waals surface area contributed by atoms with Crippen LogP contribution in [0.25, 0.3) is 105 Å². The smallest absolute Gasteiger partial charge is 0.0641 e. The maximum atomic E-state index is 2.55. The molecule has 0 unspecified atom stereocenters. The summed E-state index contributed by atoms with van der Waals surface area (Å²) in [5.41, 5.74) is 15.4. The first-order valence-electron chi connectivity index (χ1n) is 19.6. The van der Waals surface area contributed by atoms with E-state index in [-0.39, 0.29) is 0 Å². The minimum atomic E-state index is 1.13. The molecule has 0 saturated heterocycles. The number of rotatable bonds is 5. The molecular formula is C54H35N3. The number of benzene rings is 9. The molecule has 0 bridgehead atoms. The van der Waals surface area contributed by atoms with Gasteiger partial charge in [0.05, 0.1) is 38.8 Å². The largest absolute Gasteiger partial charge is 0.309 e. The van der Waals surface area contributed by atoms with Gasteiger partial charge in [-0.25, -0.2) is 0 Å². The maximum Gasteiger partial charge on any atom is 0.0641 e. The minimum absolute atomic E-state index is 1.13. The van der Waals surface area contributed by atoms with Gasteiger partial charge in [-0.2, -0.15) is 0 Å². The van der Waals surface area contributed by atoms with Gasteiger partial charge < -0.3 is 13.7 Å². The average Bonchev–Trinajstić information content (AvgIpc) is 3.93. The molecule has 57 heavy (non-hydrogen) atoms. The van der Waals surface area contributed by atoms with E-state index < -0.39 is 0 Å². The number of fused-ring (bicyclic) bond motifs is 10. The molecule has 0 amide bonds. The van der Waals surface area contributed by atoms with Gasteiger partial charge in [0, 0.05) is 43.7 Å². The monoisotopic (exact) mass is 725 g/mol. The van der Waals surface area contributed by atoms with Crippen LogP contribution in [0.4, 0.5) is 0 Å². The minimum Gasteiger partial charge on any atom is -0.309 e. The van der Waals surface area contributed by atoms with E-state index >= 15 is 0 Å². The van der Waals surface area contributed by atoms with Crippen molar-refractivity contribution in [3.05, 3.63) is 212 Å². The second kappa shape index (κ2) is 12.5. The SMILES string of the molecule is c1ccc(-c2cc(-c3ccccc3)cc(-n3c4ccccc4c4c(-n5c6ccccc6c6ccc7c(c8ccccc8n7-c7ccccc7)c65)cccc43)c2)cc1. The van der Waals surface area contributed by atoms with Crippen LogP contribution in [0.5, 0.6) is 0 Å². The lowest BCUT2D eigenvalue weighted by atomic mass is 9.98. The van der Waals surface area contributed by atoms with Gasteiger partial charge in [-0.15, -0.1) is 0 Å². The topological polar surface area (TPSA) is 14.8 Å². The van der Waals surface area contributed by atoms with Crippen LogP contribution >= 0.6 is 0 Å². The van der Waals surface area contributed by atoms with E-state index in [0.29, 0.717) is 0 Å². The maximum absolute atomic E-state index is 2.55. The van der Waals surface area contributed by atoms with Crippen molar-refractivity contribution in [1.29, 1.82) is 0 Å². The predicted octanol–water partition coefficient (Wildman–Crippen LogP) is 14.3. The Morgan fingerprint density at radius 1 is 0.246 bits per heavy atom. The fraction of sp³-hybridized carbons (Fsp3) is 0. The van der Waals surface area contributed by atoms with Crippen LogP contribution < -0.4 is 0 Å². The Hall–Kier alpha value is -7.62. The lowest BCUT2D eigenvalue weighted by molar-refractivity contribution is 1.17. The molecule has 0 aliphatic heterocycles. The van der Waals surface area contributed by atoms with Crippen LogP contribution in [0.15, 0.2) is 212 Å². The van der Waals surface area contributed by atoms with Crippen molar-refractivity contribution in [2.24, 2.45) is 0 Å². The molecule has 0 aliphatic rings.